The summed E-state index contributed by atoms with van der Waals surface area (Å²) in [5.74, 6) is 0.682. The van der Waals surface area contributed by atoms with E-state index in [1.54, 1.807) is 0 Å². The van der Waals surface area contributed by atoms with Crippen molar-refractivity contribution in [3.8, 4) is 0 Å². The summed E-state index contributed by atoms with van der Waals surface area (Å²) in [4.78, 5) is 17.2. The first-order valence-electron chi connectivity index (χ1n) is 9.45. The zero-order valence-corrected chi connectivity index (χ0v) is 15.4. The van der Waals surface area contributed by atoms with E-state index in [1.807, 2.05) is 30.1 Å². The maximum absolute atomic E-state index is 13.0. The number of ether oxygens (including phenoxy) is 2. The van der Waals surface area contributed by atoms with Crippen molar-refractivity contribution < 1.29 is 14.3 Å². The van der Waals surface area contributed by atoms with Crippen molar-refractivity contribution in [3.63, 3.8) is 0 Å². The number of benzene rings is 1. The average Bonchev–Trinajstić information content (AvgIpc) is 3.18. The highest BCUT2D eigenvalue weighted by Gasteiger charge is 2.34. The molecule has 2 fully saturated rings. The fraction of sp³-hybridized carbons (Fsp3) is 0.650. The molecule has 1 aromatic rings. The highest BCUT2D eigenvalue weighted by molar-refractivity contribution is 5.81. The molecular formula is C20H30N2O3. The predicted octanol–water partition coefficient (Wildman–Crippen LogP) is 2.51. The summed E-state index contributed by atoms with van der Waals surface area (Å²) < 4.78 is 11.3. The Labute approximate surface area is 150 Å². The van der Waals surface area contributed by atoms with Gasteiger partial charge in [0.15, 0.2) is 6.29 Å². The number of carbonyl (C=O) groups is 1. The summed E-state index contributed by atoms with van der Waals surface area (Å²) in [5.41, 5.74) is 1.24. The van der Waals surface area contributed by atoms with Crippen LogP contribution in [0.1, 0.15) is 31.7 Å². The summed E-state index contributed by atoms with van der Waals surface area (Å²) in [6.07, 6.45) is 2.71. The van der Waals surface area contributed by atoms with Gasteiger partial charge in [-0.05, 0) is 31.9 Å². The molecular weight excluding hydrogens is 316 g/mol. The van der Waals surface area contributed by atoms with Crippen LogP contribution in [-0.4, -0.2) is 61.4 Å². The molecule has 1 atom stereocenters. The minimum absolute atomic E-state index is 0.0556. The molecule has 0 spiro atoms. The lowest BCUT2D eigenvalue weighted by atomic mass is 9.95. The van der Waals surface area contributed by atoms with Gasteiger partial charge in [0, 0.05) is 25.6 Å². The largest absolute Gasteiger partial charge is 0.350 e. The number of hydrogen-bond donors (Lipinski definition) is 0. The minimum Gasteiger partial charge on any atom is -0.350 e. The van der Waals surface area contributed by atoms with Gasteiger partial charge >= 0.3 is 0 Å². The van der Waals surface area contributed by atoms with Crippen LogP contribution in [0.3, 0.4) is 0 Å². The normalized spacial score (nSPS) is 21.0. The number of rotatable bonds is 6. The van der Waals surface area contributed by atoms with Crippen molar-refractivity contribution in [1.29, 1.82) is 0 Å². The molecule has 1 amide bonds. The van der Waals surface area contributed by atoms with Gasteiger partial charge in [-0.3, -0.25) is 9.69 Å². The first-order chi connectivity index (χ1) is 12.2. The molecule has 0 bridgehead atoms. The molecule has 5 nitrogen and oxygen atoms in total. The van der Waals surface area contributed by atoms with Gasteiger partial charge in [-0.2, -0.15) is 0 Å². The highest BCUT2D eigenvalue weighted by atomic mass is 16.7. The van der Waals surface area contributed by atoms with Crippen molar-refractivity contribution in [2.24, 2.45) is 5.92 Å². The van der Waals surface area contributed by atoms with Crippen LogP contribution in [0, 0.1) is 5.92 Å². The fourth-order valence-corrected chi connectivity index (χ4v) is 3.91. The maximum atomic E-state index is 13.0. The SMILES string of the molecule is CCC(C(=O)N1CCC(C2OCCO2)CC1)N(C)Cc1ccccc1. The lowest BCUT2D eigenvalue weighted by Crippen LogP contribution is -2.50. The summed E-state index contributed by atoms with van der Waals surface area (Å²) in [7, 11) is 2.05. The Morgan fingerprint density at radius 1 is 1.20 bits per heavy atom. The van der Waals surface area contributed by atoms with Crippen molar-refractivity contribution in [3.05, 3.63) is 35.9 Å². The Hall–Kier alpha value is -1.43. The van der Waals surface area contributed by atoms with Gasteiger partial charge in [-0.1, -0.05) is 37.3 Å². The third-order valence-corrected chi connectivity index (χ3v) is 5.36. The molecule has 2 aliphatic heterocycles. The molecule has 0 aliphatic carbocycles. The van der Waals surface area contributed by atoms with Crippen molar-refractivity contribution in [2.45, 2.75) is 45.1 Å². The molecule has 0 saturated carbocycles. The summed E-state index contributed by atoms with van der Waals surface area (Å²) in [6.45, 7) is 5.91. The second kappa shape index (κ2) is 8.79. The summed E-state index contributed by atoms with van der Waals surface area (Å²) >= 11 is 0. The molecule has 25 heavy (non-hydrogen) atoms. The van der Waals surface area contributed by atoms with E-state index in [2.05, 4.69) is 24.0 Å². The quantitative estimate of drug-likeness (QED) is 0.794. The Morgan fingerprint density at radius 2 is 1.84 bits per heavy atom. The van der Waals surface area contributed by atoms with Crippen LogP contribution >= 0.6 is 0 Å². The third-order valence-electron chi connectivity index (χ3n) is 5.36. The highest BCUT2D eigenvalue weighted by Crippen LogP contribution is 2.26. The molecule has 2 saturated heterocycles. The van der Waals surface area contributed by atoms with E-state index < -0.39 is 0 Å². The molecule has 2 aliphatic rings. The van der Waals surface area contributed by atoms with Crippen LogP contribution in [0.15, 0.2) is 30.3 Å². The summed E-state index contributed by atoms with van der Waals surface area (Å²) in [5, 5.41) is 0. The van der Waals surface area contributed by atoms with Crippen LogP contribution in [0.4, 0.5) is 0 Å². The van der Waals surface area contributed by atoms with E-state index in [0.717, 1.165) is 38.9 Å². The number of amides is 1. The Kier molecular flexibility index (Phi) is 6.45. The van der Waals surface area contributed by atoms with Crippen molar-refractivity contribution in [2.75, 3.05) is 33.4 Å². The topological polar surface area (TPSA) is 42.0 Å². The Morgan fingerprint density at radius 3 is 2.44 bits per heavy atom. The number of hydrogen-bond acceptors (Lipinski definition) is 4. The molecule has 5 heteroatoms. The van der Waals surface area contributed by atoms with Crippen LogP contribution in [0.2, 0.25) is 0 Å². The number of piperidine rings is 1. The first kappa shape index (κ1) is 18.4. The summed E-state index contributed by atoms with van der Waals surface area (Å²) in [6, 6.07) is 10.3. The number of nitrogens with zero attached hydrogens (tertiary/aromatic N) is 2. The molecule has 0 radical (unpaired) electrons. The molecule has 2 heterocycles. The maximum Gasteiger partial charge on any atom is 0.239 e. The number of likely N-dealkylation sites (tertiary alicyclic amines) is 1. The second-order valence-electron chi connectivity index (χ2n) is 7.10. The fourth-order valence-electron chi connectivity index (χ4n) is 3.91. The number of likely N-dealkylation sites (N-methyl/N-ethyl adjacent to an activating group) is 1. The van der Waals surface area contributed by atoms with E-state index >= 15 is 0 Å². The minimum atomic E-state index is -0.0595. The van der Waals surface area contributed by atoms with Gasteiger partial charge in [-0.25, -0.2) is 0 Å². The van der Waals surface area contributed by atoms with E-state index in [0.29, 0.717) is 19.1 Å². The molecule has 1 unspecified atom stereocenters. The van der Waals surface area contributed by atoms with Gasteiger partial charge in [0.2, 0.25) is 5.91 Å². The third kappa shape index (κ3) is 4.60. The van der Waals surface area contributed by atoms with E-state index in [1.165, 1.54) is 5.56 Å². The Balaban J connectivity index is 1.53. The van der Waals surface area contributed by atoms with Crippen LogP contribution in [0.5, 0.6) is 0 Å². The van der Waals surface area contributed by atoms with Crippen molar-refractivity contribution >= 4 is 5.91 Å². The first-order valence-corrected chi connectivity index (χ1v) is 9.45. The van der Waals surface area contributed by atoms with E-state index in [-0.39, 0.29) is 18.2 Å². The van der Waals surface area contributed by atoms with E-state index in [4.69, 9.17) is 9.47 Å². The average molecular weight is 346 g/mol. The smallest absolute Gasteiger partial charge is 0.239 e. The zero-order valence-electron chi connectivity index (χ0n) is 15.4. The molecule has 1 aromatic carbocycles. The molecule has 0 N–H and O–H groups in total. The lowest BCUT2D eigenvalue weighted by Gasteiger charge is -2.37. The monoisotopic (exact) mass is 346 g/mol. The predicted molar refractivity (Wildman–Crippen MR) is 97.0 cm³/mol. The van der Waals surface area contributed by atoms with Gasteiger partial charge in [0.1, 0.15) is 0 Å². The van der Waals surface area contributed by atoms with Gasteiger partial charge in [0.05, 0.1) is 19.3 Å². The van der Waals surface area contributed by atoms with Crippen LogP contribution in [0.25, 0.3) is 0 Å². The molecule has 138 valence electrons. The molecule has 0 aromatic heterocycles. The Bertz CT molecular complexity index is 537. The standard InChI is InChI=1S/C20H30N2O3/c1-3-18(21(2)15-16-7-5-4-6-8-16)19(23)22-11-9-17(10-12-22)20-24-13-14-25-20/h4-8,17-18,20H,3,9-15H2,1-2H3. The van der Waals surface area contributed by atoms with Crippen LogP contribution < -0.4 is 0 Å². The lowest BCUT2D eigenvalue weighted by molar-refractivity contribution is -0.142. The zero-order chi connectivity index (χ0) is 17.6. The van der Waals surface area contributed by atoms with Gasteiger partial charge < -0.3 is 14.4 Å². The van der Waals surface area contributed by atoms with E-state index in [9.17, 15) is 4.79 Å². The van der Waals surface area contributed by atoms with Gasteiger partial charge in [-0.15, -0.1) is 0 Å². The molecule has 3 rings (SSSR count). The number of carbonyl (C=O) groups excluding carboxylic acids is 1. The second-order valence-corrected chi connectivity index (χ2v) is 7.10. The van der Waals surface area contributed by atoms with Crippen LogP contribution in [-0.2, 0) is 20.8 Å². The van der Waals surface area contributed by atoms with Gasteiger partial charge in [0.25, 0.3) is 0 Å². The van der Waals surface area contributed by atoms with Crippen molar-refractivity contribution in [1.82, 2.24) is 9.80 Å².